The smallest absolute Gasteiger partial charge is 0.352 e. The Morgan fingerprint density at radius 3 is 2.42 bits per heavy atom. The molecule has 0 atom stereocenters. The quantitative estimate of drug-likeness (QED) is 0.788. The lowest BCUT2D eigenvalue weighted by Gasteiger charge is -2.18. The number of aromatic amines is 1. The van der Waals surface area contributed by atoms with Crippen LogP contribution in [0.25, 0.3) is 0 Å². The first kappa shape index (κ1) is 15.3. The third kappa shape index (κ3) is 2.64. The van der Waals surface area contributed by atoms with Crippen LogP contribution < -0.4 is 0 Å². The van der Waals surface area contributed by atoms with Crippen LogP contribution in [0.3, 0.4) is 0 Å². The highest BCUT2D eigenvalue weighted by molar-refractivity contribution is 7.89. The average Bonchev–Trinajstić information content (AvgIpc) is 2.61. The maximum atomic E-state index is 12.4. The summed E-state index contributed by atoms with van der Waals surface area (Å²) in [6.45, 7) is 4.83. The molecule has 2 N–H and O–H groups in total. The van der Waals surface area contributed by atoms with Gasteiger partial charge in [-0.2, -0.15) is 4.31 Å². The number of hydrogen-bond acceptors (Lipinski definition) is 3. The molecule has 1 aromatic heterocycles. The molecule has 0 bridgehead atoms. The molecular weight excluding hydrogens is 268 g/mol. The number of carboxylic acid groups (broad SMARTS) is 1. The van der Waals surface area contributed by atoms with Crippen LogP contribution >= 0.6 is 0 Å². The minimum Gasteiger partial charge on any atom is -0.477 e. The van der Waals surface area contributed by atoms with Crippen molar-refractivity contribution >= 4 is 16.0 Å². The first-order valence-corrected chi connectivity index (χ1v) is 7.07. The van der Waals surface area contributed by atoms with Crippen LogP contribution in [0.1, 0.15) is 28.7 Å². The van der Waals surface area contributed by atoms with E-state index < -0.39 is 16.0 Å². The fourth-order valence-electron chi connectivity index (χ4n) is 1.93. The number of H-pyrrole nitrogens is 1. The number of carboxylic acids is 1. The number of terminal acetylenes is 1. The highest BCUT2D eigenvalue weighted by atomic mass is 32.2. The van der Waals surface area contributed by atoms with Crippen molar-refractivity contribution < 1.29 is 18.3 Å². The Hall–Kier alpha value is -1.78. The number of aromatic carboxylic acids is 1. The summed E-state index contributed by atoms with van der Waals surface area (Å²) in [5.74, 6) is 1.09. The highest BCUT2D eigenvalue weighted by Gasteiger charge is 2.30. The molecule has 0 spiro atoms. The zero-order valence-electron chi connectivity index (χ0n) is 11.0. The zero-order chi connectivity index (χ0) is 14.8. The number of aromatic nitrogens is 1. The molecular formula is C12H16N2O4S. The summed E-state index contributed by atoms with van der Waals surface area (Å²) in [6, 6.07) is 0. The first-order chi connectivity index (χ1) is 8.77. The first-order valence-electron chi connectivity index (χ1n) is 5.63. The summed E-state index contributed by atoms with van der Waals surface area (Å²) in [7, 11) is -3.79. The van der Waals surface area contributed by atoms with E-state index in [9.17, 15) is 13.2 Å². The van der Waals surface area contributed by atoms with Crippen LogP contribution in [0.5, 0.6) is 0 Å². The Morgan fingerprint density at radius 1 is 1.47 bits per heavy atom. The molecule has 0 amide bonds. The minimum atomic E-state index is -3.79. The number of hydrogen-bond donors (Lipinski definition) is 2. The SMILES string of the molecule is C#CCN(CC)S(=O)(=O)c1c(C)[nH]c(C(=O)O)c1C. The highest BCUT2D eigenvalue weighted by Crippen LogP contribution is 2.26. The second-order valence-corrected chi connectivity index (χ2v) is 5.89. The van der Waals surface area contributed by atoms with Gasteiger partial charge in [-0.15, -0.1) is 6.42 Å². The monoisotopic (exact) mass is 284 g/mol. The van der Waals surface area contributed by atoms with E-state index in [4.69, 9.17) is 11.5 Å². The van der Waals surface area contributed by atoms with E-state index in [1.54, 1.807) is 6.92 Å². The second kappa shape index (κ2) is 5.47. The van der Waals surface area contributed by atoms with Crippen LogP contribution in [0.4, 0.5) is 0 Å². The van der Waals surface area contributed by atoms with E-state index in [-0.39, 0.29) is 29.2 Å². The fourth-order valence-corrected chi connectivity index (χ4v) is 3.70. The lowest BCUT2D eigenvalue weighted by Crippen LogP contribution is -2.31. The molecule has 0 aliphatic heterocycles. The largest absolute Gasteiger partial charge is 0.477 e. The predicted octanol–water partition coefficient (Wildman–Crippen LogP) is 0.974. The summed E-state index contributed by atoms with van der Waals surface area (Å²) < 4.78 is 26.0. The van der Waals surface area contributed by atoms with Gasteiger partial charge in [-0.1, -0.05) is 12.8 Å². The normalized spacial score (nSPS) is 11.5. The van der Waals surface area contributed by atoms with Crippen LogP contribution in [-0.4, -0.2) is 41.9 Å². The van der Waals surface area contributed by atoms with Gasteiger partial charge in [0, 0.05) is 17.8 Å². The van der Waals surface area contributed by atoms with Gasteiger partial charge in [0.25, 0.3) is 0 Å². The number of nitrogens with zero attached hydrogens (tertiary/aromatic N) is 1. The van der Waals surface area contributed by atoms with E-state index >= 15 is 0 Å². The van der Waals surface area contributed by atoms with E-state index in [0.717, 1.165) is 4.31 Å². The number of nitrogens with one attached hydrogen (secondary N) is 1. The summed E-state index contributed by atoms with van der Waals surface area (Å²) >= 11 is 0. The third-order valence-electron chi connectivity index (χ3n) is 2.80. The zero-order valence-corrected chi connectivity index (χ0v) is 11.8. The van der Waals surface area contributed by atoms with E-state index in [0.29, 0.717) is 5.69 Å². The number of aryl methyl sites for hydroxylation is 1. The number of carbonyl (C=O) groups is 1. The van der Waals surface area contributed by atoms with Gasteiger partial charge < -0.3 is 10.1 Å². The van der Waals surface area contributed by atoms with Crippen LogP contribution in [-0.2, 0) is 10.0 Å². The number of rotatable bonds is 5. The van der Waals surface area contributed by atoms with Crippen molar-refractivity contribution in [2.45, 2.75) is 25.7 Å². The van der Waals surface area contributed by atoms with Crippen molar-refractivity contribution in [2.24, 2.45) is 0 Å². The number of sulfonamides is 1. The molecule has 0 aromatic carbocycles. The van der Waals surface area contributed by atoms with Crippen LogP contribution in [0.2, 0.25) is 0 Å². The Balaban J connectivity index is 3.46. The topological polar surface area (TPSA) is 90.5 Å². The molecule has 104 valence electrons. The maximum Gasteiger partial charge on any atom is 0.352 e. The second-order valence-electron chi connectivity index (χ2n) is 4.02. The Kier molecular flexibility index (Phi) is 4.39. The van der Waals surface area contributed by atoms with Crippen LogP contribution in [0, 0.1) is 26.2 Å². The van der Waals surface area contributed by atoms with Crippen molar-refractivity contribution in [1.29, 1.82) is 0 Å². The molecule has 7 heteroatoms. The van der Waals surface area contributed by atoms with Gasteiger partial charge in [0.15, 0.2) is 0 Å². The molecule has 0 aliphatic rings. The standard InChI is InChI=1S/C12H16N2O4S/c1-5-7-14(6-2)19(17,18)11-8(3)10(12(15)16)13-9(11)4/h1,13H,6-7H2,2-4H3,(H,15,16). The third-order valence-corrected chi connectivity index (χ3v) is 5.00. The summed E-state index contributed by atoms with van der Waals surface area (Å²) in [5, 5.41) is 9.00. The molecule has 1 aromatic rings. The maximum absolute atomic E-state index is 12.4. The molecule has 0 saturated carbocycles. The molecule has 1 rings (SSSR count). The Bertz CT molecular complexity index is 637. The van der Waals surface area contributed by atoms with Crippen molar-refractivity contribution in [3.63, 3.8) is 0 Å². The molecule has 0 fully saturated rings. The molecule has 0 saturated heterocycles. The van der Waals surface area contributed by atoms with E-state index in [2.05, 4.69) is 10.9 Å². The lowest BCUT2D eigenvalue weighted by atomic mass is 10.2. The van der Waals surface area contributed by atoms with Crippen molar-refractivity contribution in [3.8, 4) is 12.3 Å². The molecule has 6 nitrogen and oxygen atoms in total. The summed E-state index contributed by atoms with van der Waals surface area (Å²) in [6.07, 6.45) is 5.15. The van der Waals surface area contributed by atoms with Gasteiger partial charge in [0.05, 0.1) is 6.54 Å². The summed E-state index contributed by atoms with van der Waals surface area (Å²) in [4.78, 5) is 13.6. The van der Waals surface area contributed by atoms with Gasteiger partial charge in [-0.25, -0.2) is 13.2 Å². The molecule has 0 aliphatic carbocycles. The van der Waals surface area contributed by atoms with E-state index in [1.807, 2.05) is 0 Å². The van der Waals surface area contributed by atoms with Crippen molar-refractivity contribution in [2.75, 3.05) is 13.1 Å². The van der Waals surface area contributed by atoms with Gasteiger partial charge in [-0.3, -0.25) is 0 Å². The summed E-state index contributed by atoms with van der Waals surface area (Å²) in [5.41, 5.74) is 0.374. The minimum absolute atomic E-state index is 0.0120. The fraction of sp³-hybridized carbons (Fsp3) is 0.417. The molecule has 19 heavy (non-hydrogen) atoms. The predicted molar refractivity (Wildman–Crippen MR) is 70.5 cm³/mol. The average molecular weight is 284 g/mol. The van der Waals surface area contributed by atoms with Crippen molar-refractivity contribution in [1.82, 2.24) is 9.29 Å². The van der Waals surface area contributed by atoms with Crippen molar-refractivity contribution in [3.05, 3.63) is 17.0 Å². The Morgan fingerprint density at radius 2 is 2.05 bits per heavy atom. The van der Waals surface area contributed by atoms with E-state index in [1.165, 1.54) is 13.8 Å². The van der Waals surface area contributed by atoms with Gasteiger partial charge in [-0.05, 0) is 13.8 Å². The molecule has 0 radical (unpaired) electrons. The molecule has 1 heterocycles. The van der Waals surface area contributed by atoms with Crippen LogP contribution in [0.15, 0.2) is 4.90 Å². The molecule has 0 unspecified atom stereocenters. The Labute approximate surface area is 112 Å². The lowest BCUT2D eigenvalue weighted by molar-refractivity contribution is 0.0690. The van der Waals surface area contributed by atoms with Gasteiger partial charge in [0.2, 0.25) is 10.0 Å². The van der Waals surface area contributed by atoms with Gasteiger partial charge >= 0.3 is 5.97 Å². The van der Waals surface area contributed by atoms with Gasteiger partial charge in [0.1, 0.15) is 10.6 Å².